The summed E-state index contributed by atoms with van der Waals surface area (Å²) < 4.78 is 12.9. The van der Waals surface area contributed by atoms with Gasteiger partial charge in [-0.2, -0.15) is 0 Å². The largest absolute Gasteiger partial charge is 0.504 e. The molecule has 0 amide bonds. The maximum absolute atomic E-state index is 13.0. The summed E-state index contributed by atoms with van der Waals surface area (Å²) in [5.74, 6) is 3.06. The van der Waals surface area contributed by atoms with E-state index in [1.54, 1.807) is 6.07 Å². The number of fused-ring (bicyclic) bond motifs is 4. The Morgan fingerprint density at radius 2 is 1.92 bits per heavy atom. The monoisotopic (exact) mass is 506 g/mol. The molecule has 0 radical (unpaired) electrons. The highest BCUT2D eigenvalue weighted by Gasteiger charge is 2.72. The predicted molar refractivity (Wildman–Crippen MR) is 143 cm³/mol. The van der Waals surface area contributed by atoms with Crippen molar-refractivity contribution in [2.45, 2.75) is 55.3 Å². The normalized spacial score (nSPS) is 30.6. The molecule has 3 aromatic carbocycles. The van der Waals surface area contributed by atoms with E-state index < -0.39 is 11.0 Å². The number of phenols is 1. The fourth-order valence-corrected chi connectivity index (χ4v) is 8.29. The Hall–Kier alpha value is -3.48. The molecule has 6 nitrogen and oxygen atoms in total. The molecule has 2 bridgehead atoms. The minimum Gasteiger partial charge on any atom is -0.504 e. The van der Waals surface area contributed by atoms with Crippen molar-refractivity contribution in [2.24, 2.45) is 5.92 Å². The van der Waals surface area contributed by atoms with Crippen LogP contribution in [0.25, 0.3) is 10.9 Å². The molecule has 3 heterocycles. The number of hydrogen-bond acceptors (Lipinski definition) is 5. The second-order valence-corrected chi connectivity index (χ2v) is 12.1. The number of para-hydroxylation sites is 1. The van der Waals surface area contributed by atoms with Crippen LogP contribution in [0.1, 0.15) is 47.8 Å². The van der Waals surface area contributed by atoms with Gasteiger partial charge in [0.25, 0.3) is 0 Å². The van der Waals surface area contributed by atoms with E-state index in [2.05, 4.69) is 28.1 Å². The van der Waals surface area contributed by atoms with Crippen LogP contribution >= 0.6 is 0 Å². The Bertz CT molecular complexity index is 1630. The topological polar surface area (TPSA) is 78.0 Å². The van der Waals surface area contributed by atoms with Gasteiger partial charge in [-0.3, -0.25) is 4.90 Å². The van der Waals surface area contributed by atoms with Crippen molar-refractivity contribution in [1.29, 1.82) is 0 Å². The fourth-order valence-electron chi connectivity index (χ4n) is 8.29. The van der Waals surface area contributed by atoms with Crippen molar-refractivity contribution in [2.75, 3.05) is 13.1 Å². The van der Waals surface area contributed by atoms with Crippen LogP contribution in [0, 0.1) is 5.92 Å². The van der Waals surface area contributed by atoms with Gasteiger partial charge < -0.3 is 24.7 Å². The molecule has 2 fully saturated rings. The molecule has 1 aromatic heterocycles. The van der Waals surface area contributed by atoms with Gasteiger partial charge in [-0.05, 0) is 85.7 Å². The minimum absolute atomic E-state index is 0.0211. The Morgan fingerprint density at radius 3 is 2.76 bits per heavy atom. The van der Waals surface area contributed by atoms with Gasteiger partial charge in [0.05, 0.1) is 16.7 Å². The van der Waals surface area contributed by atoms with Gasteiger partial charge in [0.1, 0.15) is 11.5 Å². The molecule has 5 aliphatic rings. The van der Waals surface area contributed by atoms with Crippen LogP contribution in [-0.2, 0) is 18.3 Å². The molecule has 3 aliphatic carbocycles. The number of aliphatic hydroxyl groups is 1. The number of aromatic amines is 1. The van der Waals surface area contributed by atoms with Crippen LogP contribution in [0.3, 0.4) is 0 Å². The van der Waals surface area contributed by atoms with E-state index in [4.69, 9.17) is 9.47 Å². The van der Waals surface area contributed by atoms with Crippen molar-refractivity contribution in [1.82, 2.24) is 9.88 Å². The van der Waals surface area contributed by atoms with Gasteiger partial charge in [0.15, 0.2) is 17.6 Å². The Morgan fingerprint density at radius 1 is 1.05 bits per heavy atom. The number of benzene rings is 3. The lowest BCUT2D eigenvalue weighted by molar-refractivity contribution is -0.173. The molecule has 1 saturated carbocycles. The first-order valence-electron chi connectivity index (χ1n) is 13.9. The van der Waals surface area contributed by atoms with Crippen molar-refractivity contribution < 1.29 is 19.7 Å². The fraction of sp³-hybridized carbons (Fsp3) is 0.375. The SMILES string of the molecule is Oc1ccc2c3c1O[C@H]1c4[nH]c5ccc(Oc6ccccc6)cc5c4C[C@@]4(O)[C@@H](C2)N(CC2CC2)CC[C@]314. The number of nitrogens with zero attached hydrogens (tertiary/aromatic N) is 1. The smallest absolute Gasteiger partial charge is 0.166 e. The first-order valence-corrected chi connectivity index (χ1v) is 13.9. The van der Waals surface area contributed by atoms with Crippen LogP contribution in [0.2, 0.25) is 0 Å². The Kier molecular flexibility index (Phi) is 4.02. The van der Waals surface area contributed by atoms with E-state index >= 15 is 0 Å². The van der Waals surface area contributed by atoms with E-state index in [0.717, 1.165) is 71.1 Å². The van der Waals surface area contributed by atoms with Crippen molar-refractivity contribution in [3.8, 4) is 23.0 Å². The van der Waals surface area contributed by atoms with Crippen molar-refractivity contribution in [3.05, 3.63) is 83.0 Å². The lowest BCUT2D eigenvalue weighted by Crippen LogP contribution is -2.74. The van der Waals surface area contributed by atoms with Gasteiger partial charge >= 0.3 is 0 Å². The molecule has 9 rings (SSSR count). The van der Waals surface area contributed by atoms with Crippen LogP contribution in [0.15, 0.2) is 60.7 Å². The molecule has 4 atom stereocenters. The molecule has 1 spiro atoms. The molecule has 3 N–H and O–H groups in total. The summed E-state index contributed by atoms with van der Waals surface area (Å²) in [6, 6.07) is 19.8. The molecule has 192 valence electrons. The van der Waals surface area contributed by atoms with E-state index in [-0.39, 0.29) is 17.9 Å². The van der Waals surface area contributed by atoms with Gasteiger partial charge in [-0.1, -0.05) is 24.3 Å². The van der Waals surface area contributed by atoms with Crippen molar-refractivity contribution in [3.63, 3.8) is 0 Å². The zero-order valence-electron chi connectivity index (χ0n) is 21.1. The number of hydrogen-bond donors (Lipinski definition) is 3. The highest BCUT2D eigenvalue weighted by molar-refractivity contribution is 5.87. The number of nitrogens with one attached hydrogen (secondary N) is 1. The van der Waals surface area contributed by atoms with E-state index in [9.17, 15) is 10.2 Å². The van der Waals surface area contributed by atoms with Crippen LogP contribution in [0.4, 0.5) is 0 Å². The summed E-state index contributed by atoms with van der Waals surface area (Å²) in [6.07, 6.45) is 4.38. The number of piperidine rings is 1. The third-order valence-electron chi connectivity index (χ3n) is 10.1. The summed E-state index contributed by atoms with van der Waals surface area (Å²) in [7, 11) is 0. The predicted octanol–water partition coefficient (Wildman–Crippen LogP) is 5.36. The van der Waals surface area contributed by atoms with Crippen LogP contribution < -0.4 is 9.47 Å². The zero-order chi connectivity index (χ0) is 25.2. The number of rotatable bonds is 4. The number of ether oxygens (including phenoxy) is 2. The quantitative estimate of drug-likeness (QED) is 0.347. The van der Waals surface area contributed by atoms with Gasteiger partial charge in [0, 0.05) is 35.5 Å². The molecular weight excluding hydrogens is 476 g/mol. The maximum Gasteiger partial charge on any atom is 0.166 e. The molecule has 0 unspecified atom stereocenters. The average Bonchev–Trinajstić information content (AvgIpc) is 3.56. The molecule has 4 aromatic rings. The highest BCUT2D eigenvalue weighted by Crippen LogP contribution is 2.69. The lowest BCUT2D eigenvalue weighted by atomic mass is 9.49. The zero-order valence-corrected chi connectivity index (χ0v) is 21.1. The number of phenolic OH excluding ortho intramolecular Hbond substituents is 1. The second-order valence-electron chi connectivity index (χ2n) is 12.1. The van der Waals surface area contributed by atoms with E-state index in [1.165, 1.54) is 18.4 Å². The number of aromatic hydroxyl groups is 1. The number of H-pyrrole nitrogens is 1. The molecular formula is C32H30N2O4. The number of aromatic nitrogens is 1. The standard InChI is InChI=1S/C32H30N2O4/c35-25-11-8-19-14-26-32(36)16-23-22-15-21(37-20-4-2-1-3-5-20)9-10-24(22)33-28(23)30-31(32,27(19)29(25)38-30)12-13-34(26)17-18-6-7-18/h1-5,8-11,15,18,26,30,33,35-36H,6-7,12-14,16-17H2/t26-,30+,31+,32-/m1/s1. The highest BCUT2D eigenvalue weighted by atomic mass is 16.5. The molecule has 2 aliphatic heterocycles. The summed E-state index contributed by atoms with van der Waals surface area (Å²) >= 11 is 0. The summed E-state index contributed by atoms with van der Waals surface area (Å²) in [5, 5.41) is 24.9. The van der Waals surface area contributed by atoms with Gasteiger partial charge in [-0.25, -0.2) is 0 Å². The minimum atomic E-state index is -0.991. The van der Waals surface area contributed by atoms with Gasteiger partial charge in [-0.15, -0.1) is 0 Å². The van der Waals surface area contributed by atoms with E-state index in [0.29, 0.717) is 12.2 Å². The van der Waals surface area contributed by atoms with Crippen LogP contribution in [0.5, 0.6) is 23.0 Å². The Labute approximate surface area is 220 Å². The molecule has 38 heavy (non-hydrogen) atoms. The lowest BCUT2D eigenvalue weighted by Gasteiger charge is -2.62. The Balaban J connectivity index is 1.23. The summed E-state index contributed by atoms with van der Waals surface area (Å²) in [5.41, 5.74) is 3.85. The first kappa shape index (κ1) is 21.5. The van der Waals surface area contributed by atoms with Crippen LogP contribution in [-0.4, -0.2) is 44.8 Å². The third kappa shape index (κ3) is 2.60. The van der Waals surface area contributed by atoms with Crippen molar-refractivity contribution >= 4 is 10.9 Å². The summed E-state index contributed by atoms with van der Waals surface area (Å²) in [6.45, 7) is 2.01. The van der Waals surface area contributed by atoms with E-state index in [1.807, 2.05) is 36.4 Å². The second kappa shape index (κ2) is 7.13. The number of likely N-dealkylation sites (tertiary alicyclic amines) is 1. The third-order valence-corrected chi connectivity index (χ3v) is 10.1. The van der Waals surface area contributed by atoms with Gasteiger partial charge in [0.2, 0.25) is 0 Å². The summed E-state index contributed by atoms with van der Waals surface area (Å²) in [4.78, 5) is 6.25. The molecule has 6 heteroatoms. The average molecular weight is 507 g/mol. The first-order chi connectivity index (χ1) is 18.5. The maximum atomic E-state index is 13.0. The molecule has 1 saturated heterocycles.